The van der Waals surface area contributed by atoms with E-state index in [0.29, 0.717) is 30.2 Å². The molecule has 2 amide bonds. The maximum atomic E-state index is 13.0. The number of aromatic nitrogens is 4. The summed E-state index contributed by atoms with van der Waals surface area (Å²) in [5.74, 6) is -0.0790. The van der Waals surface area contributed by atoms with E-state index in [1.54, 1.807) is 12.4 Å². The number of benzene rings is 1. The van der Waals surface area contributed by atoms with E-state index in [-0.39, 0.29) is 34.7 Å². The number of sulfone groups is 1. The molecule has 7 rings (SSSR count). The number of carbonyl (C=O) groups is 1. The molecule has 4 aromatic rings. The van der Waals surface area contributed by atoms with Crippen LogP contribution in [-0.2, 0) is 9.84 Å². The first-order chi connectivity index (χ1) is 19.3. The lowest BCUT2D eigenvalue weighted by atomic mass is 9.88. The van der Waals surface area contributed by atoms with Gasteiger partial charge in [-0.05, 0) is 44.6 Å². The van der Waals surface area contributed by atoms with Crippen LogP contribution in [0.15, 0.2) is 59.8 Å². The van der Waals surface area contributed by atoms with Gasteiger partial charge in [-0.15, -0.1) is 0 Å². The molecule has 1 aromatic carbocycles. The van der Waals surface area contributed by atoms with Crippen LogP contribution in [0.3, 0.4) is 0 Å². The van der Waals surface area contributed by atoms with E-state index in [4.69, 9.17) is 10.7 Å². The number of hydrogen-bond donors (Lipinski definition) is 2. The Bertz CT molecular complexity index is 1700. The number of nitrogen functional groups attached to an aromatic ring is 1. The summed E-state index contributed by atoms with van der Waals surface area (Å²) in [6.07, 6.45) is 9.78. The number of nitrogens with zero attached hydrogens (tertiary/aromatic N) is 5. The highest BCUT2D eigenvalue weighted by atomic mass is 32.2. The molecule has 2 saturated heterocycles. The maximum absolute atomic E-state index is 13.0. The molecule has 2 bridgehead atoms. The minimum atomic E-state index is -3.70. The van der Waals surface area contributed by atoms with Crippen LogP contribution >= 0.6 is 0 Å². The zero-order chi connectivity index (χ0) is 27.6. The van der Waals surface area contributed by atoms with Crippen LogP contribution in [0.25, 0.3) is 28.0 Å². The van der Waals surface area contributed by atoms with Crippen molar-refractivity contribution >= 4 is 27.3 Å². The molecule has 3 aromatic heterocycles. The third-order valence-corrected chi connectivity index (χ3v) is 9.60. The zero-order valence-electron chi connectivity index (χ0n) is 22.2. The van der Waals surface area contributed by atoms with Gasteiger partial charge >= 0.3 is 6.03 Å². The van der Waals surface area contributed by atoms with Crippen LogP contribution in [0, 0.1) is 0 Å². The number of fused-ring (bicyclic) bond motifs is 3. The molecule has 0 unspecified atom stereocenters. The van der Waals surface area contributed by atoms with Crippen molar-refractivity contribution in [1.29, 1.82) is 0 Å². The first kappa shape index (κ1) is 25.0. The highest BCUT2D eigenvalue weighted by molar-refractivity contribution is 7.91. The van der Waals surface area contributed by atoms with Crippen molar-refractivity contribution in [3.8, 4) is 22.4 Å². The molecule has 3 N–H and O–H groups in total. The summed E-state index contributed by atoms with van der Waals surface area (Å²) in [7, 11) is -3.70. The van der Waals surface area contributed by atoms with Gasteiger partial charge in [0.15, 0.2) is 15.5 Å². The van der Waals surface area contributed by atoms with Gasteiger partial charge in [-0.2, -0.15) is 9.61 Å². The second-order valence-corrected chi connectivity index (χ2v) is 13.2. The Labute approximate surface area is 232 Å². The van der Waals surface area contributed by atoms with Gasteiger partial charge in [0.25, 0.3) is 0 Å². The average Bonchev–Trinajstić information content (AvgIpc) is 3.58. The molecule has 206 valence electrons. The van der Waals surface area contributed by atoms with Crippen LogP contribution in [0.1, 0.15) is 50.1 Å². The summed E-state index contributed by atoms with van der Waals surface area (Å²) in [5.41, 5.74) is 10.9. The molecule has 11 heteroatoms. The highest BCUT2D eigenvalue weighted by Crippen LogP contribution is 2.45. The monoisotopic (exact) mass is 557 g/mol. The van der Waals surface area contributed by atoms with Gasteiger partial charge in [-0.3, -0.25) is 4.98 Å². The van der Waals surface area contributed by atoms with Gasteiger partial charge in [-0.1, -0.05) is 36.4 Å². The number of pyridine rings is 1. The Hall–Kier alpha value is -3.99. The second-order valence-electron chi connectivity index (χ2n) is 11.3. The van der Waals surface area contributed by atoms with E-state index in [0.717, 1.165) is 48.1 Å². The Morgan fingerprint density at radius 2 is 1.70 bits per heavy atom. The first-order valence-corrected chi connectivity index (χ1v) is 15.6. The molecule has 5 heterocycles. The fraction of sp³-hybridized carbons (Fsp3) is 0.379. The lowest BCUT2D eigenvalue weighted by Gasteiger charge is -2.39. The topological polar surface area (TPSA) is 136 Å². The van der Waals surface area contributed by atoms with Crippen LogP contribution in [0.5, 0.6) is 0 Å². The Kier molecular flexibility index (Phi) is 5.81. The quantitative estimate of drug-likeness (QED) is 0.378. The Morgan fingerprint density at radius 3 is 2.33 bits per heavy atom. The first-order valence-electron chi connectivity index (χ1n) is 13.8. The fourth-order valence-electron chi connectivity index (χ4n) is 6.42. The van der Waals surface area contributed by atoms with Crippen molar-refractivity contribution in [1.82, 2.24) is 29.8 Å². The molecule has 3 fully saturated rings. The molecule has 2 aliphatic heterocycles. The van der Waals surface area contributed by atoms with E-state index >= 15 is 0 Å². The van der Waals surface area contributed by atoms with E-state index in [9.17, 15) is 13.2 Å². The third kappa shape index (κ3) is 4.28. The Balaban J connectivity index is 1.27. The average molecular weight is 558 g/mol. The van der Waals surface area contributed by atoms with Crippen molar-refractivity contribution in [3.63, 3.8) is 0 Å². The molecular weight excluding hydrogens is 526 g/mol. The van der Waals surface area contributed by atoms with E-state index < -0.39 is 9.84 Å². The molecule has 1 saturated carbocycles. The smallest absolute Gasteiger partial charge is 0.318 e. The highest BCUT2D eigenvalue weighted by Gasteiger charge is 2.46. The van der Waals surface area contributed by atoms with Crippen LogP contribution < -0.4 is 11.1 Å². The number of carbonyl (C=O) groups excluding carboxylic acids is 1. The van der Waals surface area contributed by atoms with Gasteiger partial charge in [-0.25, -0.2) is 18.2 Å². The van der Waals surface area contributed by atoms with Crippen molar-refractivity contribution in [2.45, 2.75) is 67.5 Å². The van der Waals surface area contributed by atoms with E-state index in [1.807, 2.05) is 47.4 Å². The number of nitrogens with one attached hydrogen (secondary N) is 1. The summed E-state index contributed by atoms with van der Waals surface area (Å²) in [6.45, 7) is 0. The molecule has 10 nitrogen and oxygen atoms in total. The number of nitrogens with two attached hydrogens (primary N) is 1. The number of anilines is 1. The number of piperidine rings is 1. The van der Waals surface area contributed by atoms with Crippen LogP contribution in [-0.4, -0.2) is 63.3 Å². The summed E-state index contributed by atoms with van der Waals surface area (Å²) in [6, 6.07) is 14.2. The van der Waals surface area contributed by atoms with Crippen molar-refractivity contribution in [2.24, 2.45) is 0 Å². The maximum Gasteiger partial charge on any atom is 0.318 e. The Morgan fingerprint density at radius 1 is 0.975 bits per heavy atom. The van der Waals surface area contributed by atoms with Gasteiger partial charge in [0, 0.05) is 53.2 Å². The summed E-state index contributed by atoms with van der Waals surface area (Å²) in [4.78, 5) is 24.6. The summed E-state index contributed by atoms with van der Waals surface area (Å²) >= 11 is 0. The lowest BCUT2D eigenvalue weighted by molar-refractivity contribution is 0.136. The SMILES string of the molecule is CS(=O)(=O)c1c([C@H]2C[C@H]3CC[C@@H](C2)N3C(=O)NC2CC2)nc2c(-c3ccc(-c4ccccc4)nc3)cnn2c1N. The van der Waals surface area contributed by atoms with Crippen LogP contribution in [0.2, 0.25) is 0 Å². The van der Waals surface area contributed by atoms with Gasteiger partial charge in [0.2, 0.25) is 0 Å². The van der Waals surface area contributed by atoms with E-state index in [2.05, 4.69) is 15.4 Å². The second kappa shape index (κ2) is 9.29. The predicted molar refractivity (Wildman–Crippen MR) is 151 cm³/mol. The summed E-state index contributed by atoms with van der Waals surface area (Å²) < 4.78 is 27.5. The normalized spacial score (nSPS) is 22.5. The molecule has 0 radical (unpaired) electrons. The zero-order valence-corrected chi connectivity index (χ0v) is 23.0. The standard InChI is InChI=1S/C29H31N7O3S/c1-40(38,39)26-25(19-13-21-10-11-22(14-19)35(21)29(37)33-20-8-9-20)34-28-23(16-32-36(28)27(26)30)18-7-12-24(31-15-18)17-5-3-2-4-6-17/h2-7,12,15-16,19-22H,8-11,13-14,30H2,1H3,(H,33,37)/t19-,21+,22-. The lowest BCUT2D eigenvalue weighted by Crippen LogP contribution is -2.51. The van der Waals surface area contributed by atoms with Crippen molar-refractivity contribution in [3.05, 3.63) is 60.6 Å². The number of hydrogen-bond acceptors (Lipinski definition) is 7. The van der Waals surface area contributed by atoms with Gasteiger partial charge < -0.3 is 16.0 Å². The number of amides is 2. The minimum absolute atomic E-state index is 0.00392. The largest absolute Gasteiger partial charge is 0.382 e. The predicted octanol–water partition coefficient (Wildman–Crippen LogP) is 4.03. The minimum Gasteiger partial charge on any atom is -0.382 e. The fourth-order valence-corrected chi connectivity index (χ4v) is 7.48. The van der Waals surface area contributed by atoms with Gasteiger partial charge in [0.05, 0.1) is 17.6 Å². The summed E-state index contributed by atoms with van der Waals surface area (Å²) in [5, 5.41) is 7.54. The van der Waals surface area contributed by atoms with Gasteiger partial charge in [0.1, 0.15) is 10.7 Å². The van der Waals surface area contributed by atoms with Crippen LogP contribution in [0.4, 0.5) is 10.6 Å². The third-order valence-electron chi connectivity index (χ3n) is 8.44. The molecule has 0 spiro atoms. The molecule has 3 aliphatic rings. The van der Waals surface area contributed by atoms with Crippen molar-refractivity contribution in [2.75, 3.05) is 12.0 Å². The number of rotatable bonds is 5. The number of urea groups is 1. The molecular formula is C29H31N7O3S. The van der Waals surface area contributed by atoms with Crippen molar-refractivity contribution < 1.29 is 13.2 Å². The van der Waals surface area contributed by atoms with E-state index in [1.165, 1.54) is 10.8 Å². The molecule has 3 atom stereocenters. The molecule has 1 aliphatic carbocycles. The molecule has 40 heavy (non-hydrogen) atoms.